The van der Waals surface area contributed by atoms with Crippen LogP contribution in [0.2, 0.25) is 0 Å². The van der Waals surface area contributed by atoms with Gasteiger partial charge in [0.2, 0.25) is 5.60 Å². The lowest BCUT2D eigenvalue weighted by molar-refractivity contribution is -0.185. The Morgan fingerprint density at radius 3 is 2.19 bits per heavy atom. The third-order valence-electron chi connectivity index (χ3n) is 7.36. The van der Waals surface area contributed by atoms with Crippen molar-refractivity contribution in [2.24, 2.45) is 16.2 Å². The first-order chi connectivity index (χ1) is 11.9. The molecule has 0 amide bonds. The van der Waals surface area contributed by atoms with E-state index in [1.807, 2.05) is 40.7 Å². The highest BCUT2D eigenvalue weighted by Crippen LogP contribution is 2.65. The molecular formula is C21H32O5. The highest BCUT2D eigenvalue weighted by molar-refractivity contribution is 5.93. The monoisotopic (exact) mass is 364 g/mol. The van der Waals surface area contributed by atoms with Crippen molar-refractivity contribution in [1.82, 2.24) is 0 Å². The second-order valence-electron chi connectivity index (χ2n) is 8.56. The van der Waals surface area contributed by atoms with Gasteiger partial charge in [-0.2, -0.15) is 0 Å². The maximum absolute atomic E-state index is 12.9. The van der Waals surface area contributed by atoms with Crippen LogP contribution in [0, 0.1) is 16.2 Å². The smallest absolute Gasteiger partial charge is 0.351 e. The number of ether oxygens (including phenoxy) is 2. The van der Waals surface area contributed by atoms with E-state index in [4.69, 9.17) is 9.47 Å². The molecule has 0 aromatic carbocycles. The average molecular weight is 364 g/mol. The molecule has 1 aliphatic heterocycles. The van der Waals surface area contributed by atoms with Crippen LogP contribution in [0.15, 0.2) is 12.2 Å². The SMILES string of the molecule is CCC(/C=C/[C@@H](C)OC(=O)[C@]12CC[C@](C)(C(=O)O1)C2(C)C)(CC)C(C)=O. The minimum absolute atomic E-state index is 0.105. The van der Waals surface area contributed by atoms with E-state index in [2.05, 4.69) is 0 Å². The Labute approximate surface area is 156 Å². The van der Waals surface area contributed by atoms with E-state index >= 15 is 0 Å². The summed E-state index contributed by atoms with van der Waals surface area (Å²) in [4.78, 5) is 37.2. The average Bonchev–Trinajstić information content (AvgIpc) is 2.86. The summed E-state index contributed by atoms with van der Waals surface area (Å²) in [6.07, 6.45) is 5.62. The van der Waals surface area contributed by atoms with Gasteiger partial charge in [-0.3, -0.25) is 9.59 Å². The Kier molecular flexibility index (Phi) is 5.17. The van der Waals surface area contributed by atoms with Gasteiger partial charge in [-0.15, -0.1) is 0 Å². The fourth-order valence-electron chi connectivity index (χ4n) is 4.43. The fourth-order valence-corrected chi connectivity index (χ4v) is 4.43. The molecule has 2 aliphatic rings. The van der Waals surface area contributed by atoms with Crippen molar-refractivity contribution in [2.45, 2.75) is 85.9 Å². The van der Waals surface area contributed by atoms with Crippen molar-refractivity contribution < 1.29 is 23.9 Å². The van der Waals surface area contributed by atoms with Crippen LogP contribution >= 0.6 is 0 Å². The molecule has 2 rings (SSSR count). The van der Waals surface area contributed by atoms with E-state index in [1.165, 1.54) is 0 Å². The van der Waals surface area contributed by atoms with Crippen molar-refractivity contribution in [3.05, 3.63) is 12.2 Å². The predicted octanol–water partition coefficient (Wildman–Crippen LogP) is 3.99. The van der Waals surface area contributed by atoms with Crippen LogP contribution in [-0.4, -0.2) is 29.4 Å². The highest BCUT2D eigenvalue weighted by atomic mass is 16.6. The Balaban J connectivity index is 2.17. The van der Waals surface area contributed by atoms with Gasteiger partial charge in [0.05, 0.1) is 5.41 Å². The van der Waals surface area contributed by atoms with E-state index in [9.17, 15) is 14.4 Å². The molecule has 0 N–H and O–H groups in total. The number of carbonyl (C=O) groups is 3. The van der Waals surface area contributed by atoms with Crippen LogP contribution in [0.25, 0.3) is 0 Å². The molecule has 2 fully saturated rings. The van der Waals surface area contributed by atoms with Gasteiger partial charge >= 0.3 is 11.9 Å². The topological polar surface area (TPSA) is 69.7 Å². The van der Waals surface area contributed by atoms with Crippen LogP contribution in [0.3, 0.4) is 0 Å². The molecule has 0 unspecified atom stereocenters. The van der Waals surface area contributed by atoms with Crippen LogP contribution < -0.4 is 0 Å². The molecule has 3 atom stereocenters. The second-order valence-corrected chi connectivity index (χ2v) is 8.56. The zero-order valence-corrected chi connectivity index (χ0v) is 17.1. The summed E-state index contributed by atoms with van der Waals surface area (Å²) in [5.74, 6) is -0.703. The van der Waals surface area contributed by atoms with Crippen LogP contribution in [-0.2, 0) is 23.9 Å². The fraction of sp³-hybridized carbons (Fsp3) is 0.762. The van der Waals surface area contributed by atoms with Gasteiger partial charge in [0, 0.05) is 10.8 Å². The number of Topliss-reactive ketones (excluding diaryl/α,β-unsaturated/α-hetero) is 1. The molecule has 2 bridgehead atoms. The van der Waals surface area contributed by atoms with E-state index in [-0.39, 0.29) is 11.8 Å². The molecule has 5 heteroatoms. The molecule has 1 aliphatic carbocycles. The summed E-state index contributed by atoms with van der Waals surface area (Å²) in [6.45, 7) is 13.0. The number of hydrogen-bond acceptors (Lipinski definition) is 5. The van der Waals surface area contributed by atoms with E-state index in [1.54, 1.807) is 19.9 Å². The minimum atomic E-state index is -1.21. The van der Waals surface area contributed by atoms with Gasteiger partial charge < -0.3 is 9.47 Å². The lowest BCUT2D eigenvalue weighted by atomic mass is 9.66. The largest absolute Gasteiger partial charge is 0.455 e. The molecule has 0 spiro atoms. The Hall–Kier alpha value is -1.65. The number of hydrogen-bond donors (Lipinski definition) is 0. The third-order valence-corrected chi connectivity index (χ3v) is 7.36. The molecule has 26 heavy (non-hydrogen) atoms. The molecule has 1 heterocycles. The van der Waals surface area contributed by atoms with Crippen LogP contribution in [0.1, 0.15) is 74.1 Å². The first-order valence-electron chi connectivity index (χ1n) is 9.57. The normalized spacial score (nSPS) is 31.1. The summed E-state index contributed by atoms with van der Waals surface area (Å²) in [5, 5.41) is 0. The maximum Gasteiger partial charge on any atom is 0.351 e. The van der Waals surface area contributed by atoms with E-state index in [0.29, 0.717) is 25.7 Å². The molecular weight excluding hydrogens is 332 g/mol. The number of carbonyl (C=O) groups excluding carboxylic acids is 3. The Morgan fingerprint density at radius 1 is 1.23 bits per heavy atom. The predicted molar refractivity (Wildman–Crippen MR) is 98.3 cm³/mol. The lowest BCUT2D eigenvalue weighted by Crippen LogP contribution is -2.49. The zero-order chi connectivity index (χ0) is 20.0. The lowest BCUT2D eigenvalue weighted by Gasteiger charge is -2.35. The van der Waals surface area contributed by atoms with E-state index in [0.717, 1.165) is 0 Å². The molecule has 1 saturated heterocycles. The molecule has 146 valence electrons. The summed E-state index contributed by atoms with van der Waals surface area (Å²) >= 11 is 0. The first kappa shape index (κ1) is 20.7. The molecule has 0 aromatic heterocycles. The van der Waals surface area contributed by atoms with Gasteiger partial charge in [0.1, 0.15) is 11.9 Å². The van der Waals surface area contributed by atoms with Crippen molar-refractivity contribution in [1.29, 1.82) is 0 Å². The second kappa shape index (κ2) is 6.50. The van der Waals surface area contributed by atoms with Gasteiger partial charge in [-0.25, -0.2) is 4.79 Å². The molecule has 5 nitrogen and oxygen atoms in total. The first-order valence-corrected chi connectivity index (χ1v) is 9.57. The number of ketones is 1. The summed E-state index contributed by atoms with van der Waals surface area (Å²) < 4.78 is 11.2. The zero-order valence-electron chi connectivity index (χ0n) is 17.1. The highest BCUT2D eigenvalue weighted by Gasteiger charge is 2.76. The van der Waals surface area contributed by atoms with Crippen molar-refractivity contribution in [2.75, 3.05) is 0 Å². The Bertz CT molecular complexity index is 643. The molecule has 0 aromatic rings. The van der Waals surface area contributed by atoms with Crippen molar-refractivity contribution in [3.63, 3.8) is 0 Å². The summed E-state index contributed by atoms with van der Waals surface area (Å²) in [6, 6.07) is 0. The van der Waals surface area contributed by atoms with Gasteiger partial charge in [0.25, 0.3) is 0 Å². The quantitative estimate of drug-likeness (QED) is 0.504. The van der Waals surface area contributed by atoms with Crippen molar-refractivity contribution >= 4 is 17.7 Å². The summed E-state index contributed by atoms with van der Waals surface area (Å²) in [5.41, 5.74) is -3.01. The standard InChI is InChI=1S/C21H32O5/c1-8-20(9-2,15(4)22)11-10-14(3)25-17(24)21-13-12-19(7,16(23)26-21)18(21,5)6/h10-11,14H,8-9,12-13H2,1-7H3/b11-10+/t14-,19-,21+/m1/s1. The number of allylic oxidation sites excluding steroid dienone is 1. The summed E-state index contributed by atoms with van der Waals surface area (Å²) in [7, 11) is 0. The number of esters is 2. The minimum Gasteiger partial charge on any atom is -0.455 e. The molecule has 1 saturated carbocycles. The van der Waals surface area contributed by atoms with Crippen LogP contribution in [0.5, 0.6) is 0 Å². The van der Waals surface area contributed by atoms with Crippen molar-refractivity contribution in [3.8, 4) is 0 Å². The van der Waals surface area contributed by atoms with Crippen LogP contribution in [0.4, 0.5) is 0 Å². The van der Waals surface area contributed by atoms with E-state index < -0.39 is 33.9 Å². The third kappa shape index (κ3) is 2.62. The number of rotatable bonds is 7. The van der Waals surface area contributed by atoms with Gasteiger partial charge in [0.15, 0.2) is 0 Å². The molecule has 0 radical (unpaired) electrons. The number of fused-ring (bicyclic) bond motifs is 2. The van der Waals surface area contributed by atoms with Gasteiger partial charge in [-0.1, -0.05) is 33.8 Å². The maximum atomic E-state index is 12.9. The Morgan fingerprint density at radius 2 is 1.81 bits per heavy atom. The van der Waals surface area contributed by atoms with Gasteiger partial charge in [-0.05, 0) is 52.5 Å².